The Bertz CT molecular complexity index is 1580. The third-order valence-corrected chi connectivity index (χ3v) is 6.82. The molecule has 1 amide bonds. The number of anilines is 1. The van der Waals surface area contributed by atoms with Gasteiger partial charge in [-0.2, -0.15) is 4.98 Å². The Morgan fingerprint density at radius 2 is 1.76 bits per heavy atom. The highest BCUT2D eigenvalue weighted by Crippen LogP contribution is 2.45. The Morgan fingerprint density at radius 1 is 1.05 bits per heavy atom. The summed E-state index contributed by atoms with van der Waals surface area (Å²) in [5.41, 5.74) is 3.40. The van der Waals surface area contributed by atoms with Crippen LogP contribution in [0.25, 0.3) is 11.4 Å². The highest BCUT2D eigenvalue weighted by molar-refractivity contribution is 6.30. The maximum absolute atomic E-state index is 14.1. The van der Waals surface area contributed by atoms with Crippen LogP contribution in [0.5, 0.6) is 11.9 Å². The lowest BCUT2D eigenvalue weighted by Crippen LogP contribution is -2.32. The van der Waals surface area contributed by atoms with E-state index in [9.17, 15) is 9.59 Å². The van der Waals surface area contributed by atoms with Crippen molar-refractivity contribution in [2.45, 2.75) is 32.9 Å². The average Bonchev–Trinajstić information content (AvgIpc) is 3.42. The van der Waals surface area contributed by atoms with Gasteiger partial charge in [-0.1, -0.05) is 23.7 Å². The first kappa shape index (κ1) is 25.5. The molecule has 10 nitrogen and oxygen atoms in total. The van der Waals surface area contributed by atoms with E-state index in [4.69, 9.17) is 26.1 Å². The van der Waals surface area contributed by atoms with Crippen molar-refractivity contribution in [2.75, 3.05) is 19.1 Å². The minimum atomic E-state index is -0.527. The van der Waals surface area contributed by atoms with E-state index >= 15 is 0 Å². The number of halogens is 1. The summed E-state index contributed by atoms with van der Waals surface area (Å²) >= 11 is 6.21. The molecular weight excluding hydrogens is 508 g/mol. The standard InChI is InChI=1S/C27H27ClN6O4/c1-14(2)33-22-20(30-23(33)19-12-29-27(38-6)31-24(19)37-5)26(36)34(18-11-15(3)25(35)32(4)13-18)21(22)16-7-9-17(28)10-8-16/h7-14,21H,1-6H3. The molecule has 0 aliphatic carbocycles. The molecule has 0 fully saturated rings. The van der Waals surface area contributed by atoms with Crippen LogP contribution in [-0.2, 0) is 7.05 Å². The first-order valence-electron chi connectivity index (χ1n) is 12.0. The van der Waals surface area contributed by atoms with E-state index in [0.29, 0.717) is 39.0 Å². The predicted molar refractivity (Wildman–Crippen MR) is 143 cm³/mol. The SMILES string of the molecule is COc1ncc(-c2nc3c(n2C(C)C)C(c2ccc(Cl)cc2)N(c2cc(C)c(=O)n(C)c2)C3=O)c(OC)n1. The van der Waals surface area contributed by atoms with E-state index in [1.54, 1.807) is 49.5 Å². The molecule has 0 spiro atoms. The van der Waals surface area contributed by atoms with Crippen molar-refractivity contribution in [3.63, 3.8) is 0 Å². The van der Waals surface area contributed by atoms with E-state index in [-0.39, 0.29) is 29.4 Å². The van der Waals surface area contributed by atoms with Gasteiger partial charge in [-0.05, 0) is 44.5 Å². The van der Waals surface area contributed by atoms with E-state index in [1.165, 1.54) is 18.8 Å². The minimum Gasteiger partial charge on any atom is -0.480 e. The van der Waals surface area contributed by atoms with Crippen molar-refractivity contribution in [1.82, 2.24) is 24.1 Å². The van der Waals surface area contributed by atoms with Gasteiger partial charge in [0.15, 0.2) is 5.69 Å². The fraction of sp³-hybridized carbons (Fsp3) is 0.296. The van der Waals surface area contributed by atoms with Crippen LogP contribution in [0.2, 0.25) is 5.02 Å². The Kier molecular flexibility index (Phi) is 6.44. The van der Waals surface area contributed by atoms with Crippen molar-refractivity contribution in [3.05, 3.63) is 80.6 Å². The quantitative estimate of drug-likeness (QED) is 0.362. The normalized spacial score (nSPS) is 14.8. The van der Waals surface area contributed by atoms with Gasteiger partial charge >= 0.3 is 6.01 Å². The zero-order chi connectivity index (χ0) is 27.3. The molecule has 196 valence electrons. The van der Waals surface area contributed by atoms with Crippen LogP contribution in [0.1, 0.15) is 53.2 Å². The highest BCUT2D eigenvalue weighted by Gasteiger charge is 2.45. The Labute approximate surface area is 224 Å². The van der Waals surface area contributed by atoms with Crippen molar-refractivity contribution >= 4 is 23.2 Å². The summed E-state index contributed by atoms with van der Waals surface area (Å²) in [7, 11) is 4.65. The summed E-state index contributed by atoms with van der Waals surface area (Å²) in [5, 5.41) is 0.584. The maximum Gasteiger partial charge on any atom is 0.319 e. The predicted octanol–water partition coefficient (Wildman–Crippen LogP) is 4.35. The van der Waals surface area contributed by atoms with Gasteiger partial charge in [0, 0.05) is 36.1 Å². The monoisotopic (exact) mass is 534 g/mol. The second-order valence-electron chi connectivity index (χ2n) is 9.34. The number of amides is 1. The lowest BCUT2D eigenvalue weighted by atomic mass is 10.0. The second-order valence-corrected chi connectivity index (χ2v) is 9.78. The number of carbonyl (C=O) groups is 1. The Hall–Kier alpha value is -4.18. The topological polar surface area (TPSA) is 104 Å². The van der Waals surface area contributed by atoms with Crippen LogP contribution in [-0.4, -0.2) is 44.2 Å². The molecule has 4 heterocycles. The number of rotatable bonds is 6. The summed E-state index contributed by atoms with van der Waals surface area (Å²) in [4.78, 5) is 41.6. The van der Waals surface area contributed by atoms with Crippen molar-refractivity contribution < 1.29 is 14.3 Å². The summed E-state index contributed by atoms with van der Waals surface area (Å²) in [6.07, 6.45) is 3.25. The number of imidazole rings is 1. The average molecular weight is 535 g/mol. The smallest absolute Gasteiger partial charge is 0.319 e. The zero-order valence-electron chi connectivity index (χ0n) is 21.9. The fourth-order valence-electron chi connectivity index (χ4n) is 4.89. The van der Waals surface area contributed by atoms with Crippen LogP contribution in [0.15, 0.2) is 47.5 Å². The van der Waals surface area contributed by atoms with Gasteiger partial charge in [-0.3, -0.25) is 14.5 Å². The molecule has 0 bridgehead atoms. The molecule has 38 heavy (non-hydrogen) atoms. The van der Waals surface area contributed by atoms with Gasteiger partial charge in [0.1, 0.15) is 11.9 Å². The van der Waals surface area contributed by atoms with Crippen LogP contribution < -0.4 is 19.9 Å². The number of ether oxygens (including phenoxy) is 2. The third-order valence-electron chi connectivity index (χ3n) is 6.56. The molecule has 4 aromatic rings. The van der Waals surface area contributed by atoms with E-state index in [0.717, 1.165) is 5.56 Å². The zero-order valence-corrected chi connectivity index (χ0v) is 22.6. The number of carbonyl (C=O) groups excluding carboxylic acids is 1. The summed E-state index contributed by atoms with van der Waals surface area (Å²) < 4.78 is 14.2. The molecule has 0 saturated heterocycles. The molecule has 1 unspecified atom stereocenters. The van der Waals surface area contributed by atoms with Crippen molar-refractivity contribution in [1.29, 1.82) is 0 Å². The highest BCUT2D eigenvalue weighted by atomic mass is 35.5. The summed E-state index contributed by atoms with van der Waals surface area (Å²) in [5.74, 6) is 0.503. The van der Waals surface area contributed by atoms with E-state index in [2.05, 4.69) is 9.97 Å². The lowest BCUT2D eigenvalue weighted by molar-refractivity contribution is 0.0989. The van der Waals surface area contributed by atoms with Crippen LogP contribution in [0, 0.1) is 6.92 Å². The molecule has 11 heteroatoms. The molecule has 0 N–H and O–H groups in total. The number of hydrogen-bond donors (Lipinski definition) is 0. The first-order valence-corrected chi connectivity index (χ1v) is 12.4. The van der Waals surface area contributed by atoms with Gasteiger partial charge in [-0.15, -0.1) is 0 Å². The van der Waals surface area contributed by atoms with E-state index < -0.39 is 6.04 Å². The minimum absolute atomic E-state index is 0.0857. The van der Waals surface area contributed by atoms with E-state index in [1.807, 2.05) is 30.5 Å². The summed E-state index contributed by atoms with van der Waals surface area (Å²) in [6.45, 7) is 5.77. The lowest BCUT2D eigenvalue weighted by Gasteiger charge is -2.29. The van der Waals surface area contributed by atoms with Gasteiger partial charge in [0.2, 0.25) is 5.88 Å². The number of nitrogens with zero attached hydrogens (tertiary/aromatic N) is 6. The third kappa shape index (κ3) is 4.01. The first-order chi connectivity index (χ1) is 18.2. The van der Waals surface area contributed by atoms with Gasteiger partial charge < -0.3 is 18.6 Å². The van der Waals surface area contributed by atoms with Gasteiger partial charge in [-0.25, -0.2) is 9.97 Å². The largest absolute Gasteiger partial charge is 0.480 e. The number of fused-ring (bicyclic) bond motifs is 1. The Balaban J connectivity index is 1.79. The van der Waals surface area contributed by atoms with Crippen molar-refractivity contribution in [2.24, 2.45) is 7.05 Å². The Morgan fingerprint density at radius 3 is 2.37 bits per heavy atom. The number of hydrogen-bond acceptors (Lipinski definition) is 7. The van der Waals surface area contributed by atoms with Crippen LogP contribution in [0.3, 0.4) is 0 Å². The molecule has 0 radical (unpaired) electrons. The number of aryl methyl sites for hydroxylation is 2. The van der Waals surface area contributed by atoms with Crippen molar-refractivity contribution in [3.8, 4) is 23.3 Å². The second kappa shape index (κ2) is 9.60. The number of benzene rings is 1. The number of aromatic nitrogens is 5. The number of pyridine rings is 1. The molecule has 5 rings (SSSR count). The maximum atomic E-state index is 14.1. The molecule has 3 aromatic heterocycles. The fourth-order valence-corrected chi connectivity index (χ4v) is 5.02. The molecule has 1 aromatic carbocycles. The molecule has 1 aliphatic rings. The van der Waals surface area contributed by atoms with Gasteiger partial charge in [0.25, 0.3) is 11.5 Å². The number of methoxy groups -OCH3 is 2. The molecule has 0 saturated carbocycles. The van der Waals surface area contributed by atoms with Crippen LogP contribution >= 0.6 is 11.6 Å². The van der Waals surface area contributed by atoms with Gasteiger partial charge in [0.05, 0.1) is 31.2 Å². The molecular formula is C27H27ClN6O4. The van der Waals surface area contributed by atoms with Crippen LogP contribution in [0.4, 0.5) is 5.69 Å². The molecule has 1 aliphatic heterocycles. The summed E-state index contributed by atoms with van der Waals surface area (Å²) in [6, 6.07) is 8.65. The molecule has 1 atom stereocenters.